The molecule has 0 aromatic heterocycles. The summed E-state index contributed by atoms with van der Waals surface area (Å²) in [7, 11) is 0. The van der Waals surface area contributed by atoms with Gasteiger partial charge in [-0.3, -0.25) is 4.90 Å². The van der Waals surface area contributed by atoms with Gasteiger partial charge in [0.05, 0.1) is 0 Å². The molecule has 0 spiro atoms. The average molecular weight is 183 g/mol. The van der Waals surface area contributed by atoms with Gasteiger partial charge in [0.25, 0.3) is 0 Å². The van der Waals surface area contributed by atoms with Gasteiger partial charge in [0.1, 0.15) is 0 Å². The van der Waals surface area contributed by atoms with Crippen molar-refractivity contribution in [2.45, 2.75) is 53.0 Å². The molecule has 1 heterocycles. The van der Waals surface area contributed by atoms with Crippen LogP contribution in [-0.2, 0) is 0 Å². The second-order valence-corrected chi connectivity index (χ2v) is 5.48. The van der Waals surface area contributed by atoms with Crippen molar-refractivity contribution in [1.29, 1.82) is 0 Å². The van der Waals surface area contributed by atoms with Gasteiger partial charge in [0, 0.05) is 5.54 Å². The summed E-state index contributed by atoms with van der Waals surface area (Å²) in [5.41, 5.74) is 0.389. The average Bonchev–Trinajstić information content (AvgIpc) is 2.04. The summed E-state index contributed by atoms with van der Waals surface area (Å²) in [6.07, 6.45) is 2.77. The maximum atomic E-state index is 2.66. The Labute approximate surface area is 83.5 Å². The minimum Gasteiger partial charge on any atom is -0.298 e. The van der Waals surface area contributed by atoms with Crippen LogP contribution in [0, 0.1) is 11.8 Å². The third-order valence-corrected chi connectivity index (χ3v) is 4.01. The summed E-state index contributed by atoms with van der Waals surface area (Å²) in [6.45, 7) is 14.4. The summed E-state index contributed by atoms with van der Waals surface area (Å²) in [5.74, 6) is 1.69. The second-order valence-electron chi connectivity index (χ2n) is 5.48. The molecule has 0 amide bonds. The van der Waals surface area contributed by atoms with E-state index in [9.17, 15) is 0 Å². The first-order valence-corrected chi connectivity index (χ1v) is 5.69. The van der Waals surface area contributed by atoms with Crippen LogP contribution in [0.2, 0.25) is 0 Å². The Bertz CT molecular complexity index is 153. The Morgan fingerprint density at radius 1 is 1.15 bits per heavy atom. The molecule has 1 rings (SSSR count). The zero-order valence-corrected chi connectivity index (χ0v) is 9.93. The number of hydrogen-bond acceptors (Lipinski definition) is 1. The number of rotatable bonds is 2. The molecule has 0 saturated carbocycles. The van der Waals surface area contributed by atoms with Crippen LogP contribution in [0.25, 0.3) is 0 Å². The molecule has 1 saturated heterocycles. The zero-order chi connectivity index (χ0) is 10.1. The van der Waals surface area contributed by atoms with E-state index < -0.39 is 0 Å². The van der Waals surface area contributed by atoms with Crippen molar-refractivity contribution in [3.63, 3.8) is 0 Å². The number of piperidine rings is 1. The van der Waals surface area contributed by atoms with Crippen molar-refractivity contribution in [3.05, 3.63) is 0 Å². The van der Waals surface area contributed by atoms with Crippen LogP contribution in [0.4, 0.5) is 0 Å². The molecule has 0 unspecified atom stereocenters. The van der Waals surface area contributed by atoms with Crippen LogP contribution in [0.15, 0.2) is 0 Å². The highest BCUT2D eigenvalue weighted by Gasteiger charge is 2.31. The van der Waals surface area contributed by atoms with Crippen molar-refractivity contribution in [1.82, 2.24) is 4.90 Å². The number of likely N-dealkylation sites (tertiary alicyclic amines) is 1. The normalized spacial score (nSPS) is 22.6. The van der Waals surface area contributed by atoms with E-state index >= 15 is 0 Å². The highest BCUT2D eigenvalue weighted by atomic mass is 15.2. The monoisotopic (exact) mass is 183 g/mol. The predicted molar refractivity (Wildman–Crippen MR) is 58.9 cm³/mol. The van der Waals surface area contributed by atoms with E-state index in [0.717, 1.165) is 11.8 Å². The minimum atomic E-state index is 0.389. The number of hydrogen-bond donors (Lipinski definition) is 0. The maximum Gasteiger partial charge on any atom is 0.0176 e. The summed E-state index contributed by atoms with van der Waals surface area (Å²) >= 11 is 0. The maximum absolute atomic E-state index is 2.66. The standard InChI is InChI=1S/C12H25N/c1-10(2)12(4,5)13-8-6-11(3)7-9-13/h10-11H,6-9H2,1-5H3. The third kappa shape index (κ3) is 2.46. The van der Waals surface area contributed by atoms with Crippen LogP contribution < -0.4 is 0 Å². The summed E-state index contributed by atoms with van der Waals surface area (Å²) in [4.78, 5) is 2.66. The van der Waals surface area contributed by atoms with Crippen LogP contribution in [0.1, 0.15) is 47.5 Å². The fourth-order valence-electron chi connectivity index (χ4n) is 1.95. The van der Waals surface area contributed by atoms with E-state index in [0.29, 0.717) is 5.54 Å². The Balaban J connectivity index is 2.52. The molecular formula is C12H25N. The van der Waals surface area contributed by atoms with E-state index in [-0.39, 0.29) is 0 Å². The largest absolute Gasteiger partial charge is 0.298 e. The Morgan fingerprint density at radius 3 is 2.00 bits per heavy atom. The second kappa shape index (κ2) is 4.00. The van der Waals surface area contributed by atoms with Gasteiger partial charge in [0.2, 0.25) is 0 Å². The van der Waals surface area contributed by atoms with E-state index in [1.54, 1.807) is 0 Å². The Hall–Kier alpha value is -0.0400. The van der Waals surface area contributed by atoms with Crippen LogP contribution in [-0.4, -0.2) is 23.5 Å². The molecule has 13 heavy (non-hydrogen) atoms. The fourth-order valence-corrected chi connectivity index (χ4v) is 1.95. The lowest BCUT2D eigenvalue weighted by molar-refractivity contribution is 0.0446. The van der Waals surface area contributed by atoms with E-state index in [2.05, 4.69) is 39.5 Å². The third-order valence-electron chi connectivity index (χ3n) is 4.01. The summed E-state index contributed by atoms with van der Waals surface area (Å²) in [6, 6.07) is 0. The van der Waals surface area contributed by atoms with Crippen LogP contribution in [0.3, 0.4) is 0 Å². The molecule has 0 atom stereocenters. The van der Waals surface area contributed by atoms with Gasteiger partial charge in [-0.15, -0.1) is 0 Å². The van der Waals surface area contributed by atoms with Gasteiger partial charge < -0.3 is 0 Å². The molecule has 0 aromatic carbocycles. The molecule has 1 aliphatic heterocycles. The highest BCUT2D eigenvalue weighted by molar-refractivity contribution is 4.87. The van der Waals surface area contributed by atoms with Crippen molar-refractivity contribution >= 4 is 0 Å². The first-order chi connectivity index (χ1) is 5.94. The molecule has 0 N–H and O–H groups in total. The molecule has 78 valence electrons. The minimum absolute atomic E-state index is 0.389. The first-order valence-electron chi connectivity index (χ1n) is 5.69. The lowest BCUT2D eigenvalue weighted by Crippen LogP contribution is -2.51. The van der Waals surface area contributed by atoms with Gasteiger partial charge in [-0.2, -0.15) is 0 Å². The molecule has 1 heteroatoms. The van der Waals surface area contributed by atoms with Crippen molar-refractivity contribution < 1.29 is 0 Å². The van der Waals surface area contributed by atoms with Gasteiger partial charge in [0.15, 0.2) is 0 Å². The molecule has 1 nitrogen and oxygen atoms in total. The van der Waals surface area contributed by atoms with Crippen LogP contribution >= 0.6 is 0 Å². The van der Waals surface area contributed by atoms with Crippen molar-refractivity contribution in [2.75, 3.05) is 13.1 Å². The molecule has 0 aromatic rings. The van der Waals surface area contributed by atoms with Gasteiger partial charge in [-0.25, -0.2) is 0 Å². The molecule has 1 aliphatic rings. The Kier molecular flexibility index (Phi) is 3.39. The van der Waals surface area contributed by atoms with E-state index in [1.165, 1.54) is 25.9 Å². The first kappa shape index (κ1) is 11.0. The van der Waals surface area contributed by atoms with Gasteiger partial charge in [-0.05, 0) is 51.6 Å². The highest BCUT2D eigenvalue weighted by Crippen LogP contribution is 2.28. The SMILES string of the molecule is CC1CCN(C(C)(C)C(C)C)CC1. The van der Waals surface area contributed by atoms with Crippen LogP contribution in [0.5, 0.6) is 0 Å². The molecular weight excluding hydrogens is 158 g/mol. The van der Waals surface area contributed by atoms with E-state index in [4.69, 9.17) is 0 Å². The number of nitrogens with zero attached hydrogens (tertiary/aromatic N) is 1. The predicted octanol–water partition coefficient (Wildman–Crippen LogP) is 3.15. The summed E-state index contributed by atoms with van der Waals surface area (Å²) < 4.78 is 0. The Morgan fingerprint density at radius 2 is 1.62 bits per heavy atom. The topological polar surface area (TPSA) is 3.24 Å². The van der Waals surface area contributed by atoms with Gasteiger partial charge >= 0.3 is 0 Å². The molecule has 0 radical (unpaired) electrons. The smallest absolute Gasteiger partial charge is 0.0176 e. The molecule has 1 fully saturated rings. The fraction of sp³-hybridized carbons (Fsp3) is 1.00. The molecule has 0 bridgehead atoms. The lowest BCUT2D eigenvalue weighted by Gasteiger charge is -2.45. The quantitative estimate of drug-likeness (QED) is 0.635. The van der Waals surface area contributed by atoms with Crippen molar-refractivity contribution in [2.24, 2.45) is 11.8 Å². The lowest BCUT2D eigenvalue weighted by atomic mass is 9.85. The summed E-state index contributed by atoms with van der Waals surface area (Å²) in [5, 5.41) is 0. The van der Waals surface area contributed by atoms with Gasteiger partial charge in [-0.1, -0.05) is 20.8 Å². The van der Waals surface area contributed by atoms with E-state index in [1.807, 2.05) is 0 Å². The molecule has 0 aliphatic carbocycles. The zero-order valence-electron chi connectivity index (χ0n) is 9.93. The van der Waals surface area contributed by atoms with Crippen molar-refractivity contribution in [3.8, 4) is 0 Å².